The van der Waals surface area contributed by atoms with Crippen molar-refractivity contribution < 1.29 is 18.3 Å². The summed E-state index contributed by atoms with van der Waals surface area (Å²) in [7, 11) is 0. The van der Waals surface area contributed by atoms with Crippen LogP contribution in [0, 0.1) is 11.3 Å². The SMILES string of the molecule is N#CC(NCCCO)c1ccccc1C(F)(F)F. The number of hydrogen-bond donors (Lipinski definition) is 2. The first kappa shape index (κ1) is 14.5. The maximum absolute atomic E-state index is 12.8. The first-order valence-electron chi connectivity index (χ1n) is 5.40. The summed E-state index contributed by atoms with van der Waals surface area (Å²) in [4.78, 5) is 0. The zero-order chi connectivity index (χ0) is 13.6. The van der Waals surface area contributed by atoms with Crippen molar-refractivity contribution in [3.05, 3.63) is 35.4 Å². The number of aliphatic hydroxyl groups excluding tert-OH is 1. The summed E-state index contributed by atoms with van der Waals surface area (Å²) in [6, 6.07) is 5.74. The Bertz CT molecular complexity index is 426. The molecule has 0 aromatic heterocycles. The zero-order valence-electron chi connectivity index (χ0n) is 9.54. The van der Waals surface area contributed by atoms with E-state index in [9.17, 15) is 13.2 Å². The van der Waals surface area contributed by atoms with Crippen LogP contribution in [0.4, 0.5) is 13.2 Å². The third kappa shape index (κ3) is 3.72. The van der Waals surface area contributed by atoms with Crippen molar-refractivity contribution >= 4 is 0 Å². The van der Waals surface area contributed by atoms with Gasteiger partial charge in [0.25, 0.3) is 0 Å². The van der Waals surface area contributed by atoms with Gasteiger partial charge in [-0.25, -0.2) is 0 Å². The predicted molar refractivity (Wildman–Crippen MR) is 59.5 cm³/mol. The molecule has 1 aromatic carbocycles. The Morgan fingerprint density at radius 2 is 2.00 bits per heavy atom. The van der Waals surface area contributed by atoms with Crippen molar-refractivity contribution in [3.8, 4) is 6.07 Å². The van der Waals surface area contributed by atoms with Gasteiger partial charge in [-0.05, 0) is 24.6 Å². The number of nitriles is 1. The van der Waals surface area contributed by atoms with Crippen molar-refractivity contribution in [1.82, 2.24) is 5.32 Å². The van der Waals surface area contributed by atoms with E-state index in [4.69, 9.17) is 10.4 Å². The van der Waals surface area contributed by atoms with Gasteiger partial charge in [0.1, 0.15) is 6.04 Å². The Morgan fingerprint density at radius 3 is 2.56 bits per heavy atom. The summed E-state index contributed by atoms with van der Waals surface area (Å²) < 4.78 is 38.3. The van der Waals surface area contributed by atoms with E-state index in [1.807, 2.05) is 0 Å². The highest BCUT2D eigenvalue weighted by atomic mass is 19.4. The molecule has 3 nitrogen and oxygen atoms in total. The molecular formula is C12H13F3N2O. The van der Waals surface area contributed by atoms with Gasteiger partial charge >= 0.3 is 6.18 Å². The molecule has 0 radical (unpaired) electrons. The predicted octanol–water partition coefficient (Wildman–Crippen LogP) is 2.24. The maximum atomic E-state index is 12.8. The van der Waals surface area contributed by atoms with Crippen LogP contribution < -0.4 is 5.32 Å². The lowest BCUT2D eigenvalue weighted by molar-refractivity contribution is -0.138. The van der Waals surface area contributed by atoms with Gasteiger partial charge in [0, 0.05) is 6.61 Å². The molecule has 0 heterocycles. The van der Waals surface area contributed by atoms with Crippen LogP contribution in [0.5, 0.6) is 0 Å². The summed E-state index contributed by atoms with van der Waals surface area (Å²) in [5.41, 5.74) is -0.904. The van der Waals surface area contributed by atoms with Crippen LogP contribution in [-0.4, -0.2) is 18.3 Å². The number of nitrogens with zero attached hydrogens (tertiary/aromatic N) is 1. The highest BCUT2D eigenvalue weighted by Crippen LogP contribution is 2.34. The molecule has 2 N–H and O–H groups in total. The van der Waals surface area contributed by atoms with Crippen LogP contribution in [0.15, 0.2) is 24.3 Å². The second-order valence-corrected chi connectivity index (χ2v) is 3.68. The highest BCUT2D eigenvalue weighted by molar-refractivity contribution is 5.35. The van der Waals surface area contributed by atoms with Gasteiger partial charge in [-0.2, -0.15) is 18.4 Å². The van der Waals surface area contributed by atoms with Gasteiger partial charge in [0.05, 0.1) is 11.6 Å². The number of nitrogens with one attached hydrogen (secondary N) is 1. The third-order valence-electron chi connectivity index (χ3n) is 2.39. The molecule has 0 fully saturated rings. The molecule has 1 atom stereocenters. The monoisotopic (exact) mass is 258 g/mol. The van der Waals surface area contributed by atoms with Crippen molar-refractivity contribution in [2.45, 2.75) is 18.6 Å². The molecule has 0 bridgehead atoms. The van der Waals surface area contributed by atoms with Gasteiger partial charge in [-0.3, -0.25) is 5.32 Å². The fraction of sp³-hybridized carbons (Fsp3) is 0.417. The van der Waals surface area contributed by atoms with Crippen LogP contribution >= 0.6 is 0 Å². The minimum absolute atomic E-state index is 0.0773. The first-order valence-corrected chi connectivity index (χ1v) is 5.40. The minimum atomic E-state index is -4.48. The number of hydrogen-bond acceptors (Lipinski definition) is 3. The topological polar surface area (TPSA) is 56.0 Å². The van der Waals surface area contributed by atoms with E-state index < -0.39 is 17.8 Å². The molecule has 1 rings (SSSR count). The molecule has 0 spiro atoms. The third-order valence-corrected chi connectivity index (χ3v) is 2.39. The maximum Gasteiger partial charge on any atom is 0.416 e. The average Bonchev–Trinajstić information content (AvgIpc) is 2.34. The van der Waals surface area contributed by atoms with Crippen molar-refractivity contribution in [3.63, 3.8) is 0 Å². The second-order valence-electron chi connectivity index (χ2n) is 3.68. The van der Waals surface area contributed by atoms with Gasteiger partial charge in [0.15, 0.2) is 0 Å². The van der Waals surface area contributed by atoms with Crippen molar-refractivity contribution in [2.75, 3.05) is 13.2 Å². The van der Waals surface area contributed by atoms with Gasteiger partial charge in [-0.15, -0.1) is 0 Å². The van der Waals surface area contributed by atoms with Gasteiger partial charge in [-0.1, -0.05) is 18.2 Å². The average molecular weight is 258 g/mol. The molecule has 0 aliphatic carbocycles. The Kier molecular flexibility index (Phi) is 5.13. The number of rotatable bonds is 5. The lowest BCUT2D eigenvalue weighted by Gasteiger charge is -2.17. The van der Waals surface area contributed by atoms with E-state index in [0.29, 0.717) is 6.42 Å². The summed E-state index contributed by atoms with van der Waals surface area (Å²) in [5.74, 6) is 0. The smallest absolute Gasteiger partial charge is 0.396 e. The van der Waals surface area contributed by atoms with Crippen LogP contribution in [0.2, 0.25) is 0 Å². The fourth-order valence-corrected chi connectivity index (χ4v) is 1.56. The quantitative estimate of drug-likeness (QED) is 0.796. The van der Waals surface area contributed by atoms with Crippen LogP contribution in [0.1, 0.15) is 23.6 Å². The number of alkyl halides is 3. The summed E-state index contributed by atoms with van der Waals surface area (Å²) in [6.07, 6.45) is -4.10. The summed E-state index contributed by atoms with van der Waals surface area (Å²) >= 11 is 0. The molecule has 0 saturated heterocycles. The van der Waals surface area contributed by atoms with Crippen molar-refractivity contribution in [1.29, 1.82) is 5.26 Å². The number of aliphatic hydroxyl groups is 1. The van der Waals surface area contributed by atoms with E-state index >= 15 is 0 Å². The van der Waals surface area contributed by atoms with Crippen LogP contribution in [0.3, 0.4) is 0 Å². The minimum Gasteiger partial charge on any atom is -0.396 e. The largest absolute Gasteiger partial charge is 0.416 e. The Balaban J connectivity index is 2.96. The van der Waals surface area contributed by atoms with E-state index in [1.165, 1.54) is 18.2 Å². The Labute approximate surface area is 103 Å². The first-order chi connectivity index (χ1) is 8.50. The zero-order valence-corrected chi connectivity index (χ0v) is 9.54. The normalized spacial score (nSPS) is 13.1. The lowest BCUT2D eigenvalue weighted by atomic mass is 10.0. The summed E-state index contributed by atoms with van der Waals surface area (Å²) in [5, 5.41) is 20.2. The van der Waals surface area contributed by atoms with Gasteiger partial charge in [0.2, 0.25) is 0 Å². The molecule has 0 aliphatic heterocycles. The molecule has 0 amide bonds. The van der Waals surface area contributed by atoms with E-state index in [0.717, 1.165) is 6.07 Å². The summed E-state index contributed by atoms with van der Waals surface area (Å²) in [6.45, 7) is 0.201. The van der Waals surface area contributed by atoms with Crippen LogP contribution in [-0.2, 0) is 6.18 Å². The van der Waals surface area contributed by atoms with Gasteiger partial charge < -0.3 is 5.11 Å². The van der Waals surface area contributed by atoms with E-state index in [2.05, 4.69) is 5.32 Å². The molecule has 1 aromatic rings. The lowest BCUT2D eigenvalue weighted by Crippen LogP contribution is -2.24. The number of benzene rings is 1. The Hall–Kier alpha value is -1.58. The van der Waals surface area contributed by atoms with Crippen molar-refractivity contribution in [2.24, 2.45) is 0 Å². The van der Waals surface area contributed by atoms with E-state index in [1.54, 1.807) is 6.07 Å². The van der Waals surface area contributed by atoms with E-state index in [-0.39, 0.29) is 18.7 Å². The molecule has 98 valence electrons. The Morgan fingerprint density at radius 1 is 1.33 bits per heavy atom. The number of halogens is 3. The highest BCUT2D eigenvalue weighted by Gasteiger charge is 2.34. The molecule has 0 aliphatic rings. The molecule has 0 saturated carbocycles. The molecule has 1 unspecified atom stereocenters. The molecule has 18 heavy (non-hydrogen) atoms. The standard InChI is InChI=1S/C12H13F3N2O/c13-12(14,15)10-5-2-1-4-9(10)11(8-16)17-6-3-7-18/h1-2,4-5,11,17-18H,3,6-7H2. The van der Waals surface area contributed by atoms with Crippen LogP contribution in [0.25, 0.3) is 0 Å². The fourth-order valence-electron chi connectivity index (χ4n) is 1.56. The molecule has 6 heteroatoms. The second kappa shape index (κ2) is 6.38. The molecular weight excluding hydrogens is 245 g/mol.